The summed E-state index contributed by atoms with van der Waals surface area (Å²) >= 11 is 0. The molecule has 0 spiro atoms. The Morgan fingerprint density at radius 3 is 2.34 bits per heavy atom. The molecule has 0 bridgehead atoms. The second-order valence-corrected chi connectivity index (χ2v) is 9.00. The number of nitrogens with one attached hydrogen (secondary N) is 2. The number of amides is 1. The minimum Gasteiger partial charge on any atom is -0.489 e. The molecule has 2 rings (SSSR count). The van der Waals surface area contributed by atoms with Gasteiger partial charge in [0.1, 0.15) is 18.0 Å². The first-order valence-corrected chi connectivity index (χ1v) is 11.4. The molecule has 0 radical (unpaired) electrons. The number of hydrogen-bond donors (Lipinski definition) is 3. The predicted molar refractivity (Wildman–Crippen MR) is 128 cm³/mol. The lowest BCUT2D eigenvalue weighted by Crippen LogP contribution is -2.50. The normalized spacial score (nSPS) is 13.3. The first-order chi connectivity index (χ1) is 15.3. The lowest BCUT2D eigenvalue weighted by Gasteiger charge is -2.27. The number of unbranched alkanes of at least 4 members (excludes halogenated alkanes) is 1. The Kier molecular flexibility index (Phi) is 10.5. The number of carbonyl (C=O) groups excluding carboxylic acids is 1. The van der Waals surface area contributed by atoms with E-state index in [0.29, 0.717) is 19.6 Å². The van der Waals surface area contributed by atoms with Crippen molar-refractivity contribution in [2.45, 2.75) is 71.3 Å². The third kappa shape index (κ3) is 10.2. The molecule has 2 atom stereocenters. The zero-order valence-electron chi connectivity index (χ0n) is 19.8. The van der Waals surface area contributed by atoms with Gasteiger partial charge in [-0.05, 0) is 63.4 Å². The third-order valence-electron chi connectivity index (χ3n) is 4.85. The van der Waals surface area contributed by atoms with Gasteiger partial charge < -0.3 is 25.2 Å². The van der Waals surface area contributed by atoms with E-state index in [4.69, 9.17) is 9.47 Å². The fourth-order valence-corrected chi connectivity index (χ4v) is 3.15. The summed E-state index contributed by atoms with van der Waals surface area (Å²) in [4.78, 5) is 12.3. The van der Waals surface area contributed by atoms with Crippen molar-refractivity contribution in [2.75, 3.05) is 13.1 Å². The van der Waals surface area contributed by atoms with Crippen molar-refractivity contribution >= 4 is 6.09 Å². The summed E-state index contributed by atoms with van der Waals surface area (Å²) in [6.07, 6.45) is 1.34. The van der Waals surface area contributed by atoms with Crippen LogP contribution >= 0.6 is 0 Å². The fraction of sp³-hybridized carbons (Fsp3) is 0.500. The predicted octanol–water partition coefficient (Wildman–Crippen LogP) is 4.45. The Bertz CT molecular complexity index is 788. The molecular formula is C26H38N2O4. The van der Waals surface area contributed by atoms with Gasteiger partial charge in [0.25, 0.3) is 0 Å². The Labute approximate surface area is 192 Å². The van der Waals surface area contributed by atoms with Gasteiger partial charge in [0.2, 0.25) is 0 Å². The number of aliphatic hydroxyl groups is 1. The summed E-state index contributed by atoms with van der Waals surface area (Å²) < 4.78 is 11.2. The van der Waals surface area contributed by atoms with Gasteiger partial charge in [-0.3, -0.25) is 0 Å². The molecule has 0 aliphatic heterocycles. The van der Waals surface area contributed by atoms with Gasteiger partial charge in [0.15, 0.2) is 0 Å². The smallest absolute Gasteiger partial charge is 0.407 e. The molecule has 32 heavy (non-hydrogen) atoms. The van der Waals surface area contributed by atoms with Crippen LogP contribution in [0.25, 0.3) is 0 Å². The van der Waals surface area contributed by atoms with Crippen LogP contribution in [-0.4, -0.2) is 42.0 Å². The largest absolute Gasteiger partial charge is 0.489 e. The molecule has 0 aliphatic rings. The number of ether oxygens (including phenoxy) is 2. The summed E-state index contributed by atoms with van der Waals surface area (Å²) in [6.45, 7) is 9.32. The highest BCUT2D eigenvalue weighted by molar-refractivity contribution is 5.68. The summed E-state index contributed by atoms with van der Waals surface area (Å²) in [5, 5.41) is 16.8. The van der Waals surface area contributed by atoms with E-state index in [1.807, 2.05) is 75.4 Å². The highest BCUT2D eigenvalue weighted by Gasteiger charge is 2.24. The van der Waals surface area contributed by atoms with Gasteiger partial charge in [-0.1, -0.05) is 55.8 Å². The van der Waals surface area contributed by atoms with E-state index in [9.17, 15) is 9.90 Å². The molecule has 0 heterocycles. The van der Waals surface area contributed by atoms with Crippen LogP contribution in [0.15, 0.2) is 54.6 Å². The topological polar surface area (TPSA) is 79.8 Å². The molecule has 0 saturated carbocycles. The molecule has 3 N–H and O–H groups in total. The van der Waals surface area contributed by atoms with Crippen molar-refractivity contribution in [3.05, 3.63) is 65.7 Å². The molecule has 176 valence electrons. The van der Waals surface area contributed by atoms with E-state index in [0.717, 1.165) is 36.3 Å². The van der Waals surface area contributed by atoms with Crippen LogP contribution in [0.2, 0.25) is 0 Å². The Hall–Kier alpha value is -2.57. The molecule has 6 nitrogen and oxygen atoms in total. The molecule has 2 aromatic rings. The molecule has 0 aliphatic carbocycles. The molecule has 6 heteroatoms. The first-order valence-electron chi connectivity index (χ1n) is 11.4. The zero-order chi connectivity index (χ0) is 23.4. The lowest BCUT2D eigenvalue weighted by atomic mass is 10.0. The van der Waals surface area contributed by atoms with Crippen molar-refractivity contribution in [1.82, 2.24) is 10.6 Å². The Morgan fingerprint density at radius 1 is 1.03 bits per heavy atom. The Morgan fingerprint density at radius 2 is 1.72 bits per heavy atom. The first kappa shape index (κ1) is 25.7. The number of benzene rings is 2. The number of alkyl carbamates (subject to hydrolysis) is 1. The van der Waals surface area contributed by atoms with Crippen molar-refractivity contribution in [3.63, 3.8) is 0 Å². The standard InChI is InChI=1S/C26H38N2O4/c1-5-6-16-27-18-24(29)23(28-25(30)32-26(2,3)4)17-20-12-14-22(15-13-20)31-19-21-10-8-7-9-11-21/h7-15,23-24,27,29H,5-6,16-19H2,1-4H3,(H,28,30)/t23-,24+/m0/s1. The molecular weight excluding hydrogens is 404 g/mol. The maximum absolute atomic E-state index is 12.3. The summed E-state index contributed by atoms with van der Waals surface area (Å²) in [5.41, 5.74) is 1.50. The number of carbonyl (C=O) groups is 1. The monoisotopic (exact) mass is 442 g/mol. The van der Waals surface area contributed by atoms with E-state index in [1.54, 1.807) is 0 Å². The number of hydrogen-bond acceptors (Lipinski definition) is 5. The molecule has 0 aromatic heterocycles. The average Bonchev–Trinajstić information content (AvgIpc) is 2.75. The molecule has 0 unspecified atom stereocenters. The maximum atomic E-state index is 12.3. The van der Waals surface area contributed by atoms with Crippen LogP contribution in [0.4, 0.5) is 4.79 Å². The van der Waals surface area contributed by atoms with E-state index in [-0.39, 0.29) is 0 Å². The number of rotatable bonds is 12. The molecule has 0 fully saturated rings. The maximum Gasteiger partial charge on any atom is 0.407 e. The summed E-state index contributed by atoms with van der Waals surface area (Å²) in [7, 11) is 0. The van der Waals surface area contributed by atoms with Gasteiger partial charge in [-0.2, -0.15) is 0 Å². The second kappa shape index (κ2) is 13.1. The Balaban J connectivity index is 1.97. The van der Waals surface area contributed by atoms with Crippen molar-refractivity contribution in [3.8, 4) is 5.75 Å². The lowest BCUT2D eigenvalue weighted by molar-refractivity contribution is 0.0422. The highest BCUT2D eigenvalue weighted by Crippen LogP contribution is 2.16. The third-order valence-corrected chi connectivity index (χ3v) is 4.85. The van der Waals surface area contributed by atoms with Crippen LogP contribution in [-0.2, 0) is 17.8 Å². The van der Waals surface area contributed by atoms with Crippen LogP contribution in [0.1, 0.15) is 51.7 Å². The van der Waals surface area contributed by atoms with Crippen LogP contribution in [0, 0.1) is 0 Å². The molecule has 1 amide bonds. The van der Waals surface area contributed by atoms with E-state index >= 15 is 0 Å². The minimum atomic E-state index is -0.742. The van der Waals surface area contributed by atoms with E-state index < -0.39 is 23.8 Å². The van der Waals surface area contributed by atoms with Gasteiger partial charge in [-0.15, -0.1) is 0 Å². The van der Waals surface area contributed by atoms with Gasteiger partial charge >= 0.3 is 6.09 Å². The van der Waals surface area contributed by atoms with Gasteiger partial charge in [0.05, 0.1) is 12.1 Å². The second-order valence-electron chi connectivity index (χ2n) is 9.00. The van der Waals surface area contributed by atoms with Crippen molar-refractivity contribution < 1.29 is 19.4 Å². The van der Waals surface area contributed by atoms with Crippen molar-refractivity contribution in [1.29, 1.82) is 0 Å². The van der Waals surface area contributed by atoms with Crippen LogP contribution in [0.3, 0.4) is 0 Å². The molecule has 0 saturated heterocycles. The van der Waals surface area contributed by atoms with Crippen molar-refractivity contribution in [2.24, 2.45) is 0 Å². The quantitative estimate of drug-likeness (QED) is 0.423. The van der Waals surface area contributed by atoms with Crippen LogP contribution < -0.4 is 15.4 Å². The number of aliphatic hydroxyl groups excluding tert-OH is 1. The fourth-order valence-electron chi connectivity index (χ4n) is 3.15. The van der Waals surface area contributed by atoms with Gasteiger partial charge in [0, 0.05) is 6.54 Å². The summed E-state index contributed by atoms with van der Waals surface area (Å²) in [6, 6.07) is 17.3. The van der Waals surface area contributed by atoms with Gasteiger partial charge in [-0.25, -0.2) is 4.79 Å². The molecule has 2 aromatic carbocycles. The minimum absolute atomic E-state index is 0.402. The SMILES string of the molecule is CCCCNC[C@@H](O)[C@H](Cc1ccc(OCc2ccccc2)cc1)NC(=O)OC(C)(C)C. The summed E-state index contributed by atoms with van der Waals surface area (Å²) in [5.74, 6) is 0.774. The van der Waals surface area contributed by atoms with E-state index in [1.165, 1.54) is 0 Å². The van der Waals surface area contributed by atoms with E-state index in [2.05, 4.69) is 17.6 Å². The average molecular weight is 443 g/mol. The van der Waals surface area contributed by atoms with Crippen LogP contribution in [0.5, 0.6) is 5.75 Å². The zero-order valence-corrected chi connectivity index (χ0v) is 19.8. The highest BCUT2D eigenvalue weighted by atomic mass is 16.6.